The van der Waals surface area contributed by atoms with Crippen molar-refractivity contribution < 1.29 is 22.0 Å². The molecule has 32 heavy (non-hydrogen) atoms. The number of nitrogens with zero attached hydrogens (tertiary/aromatic N) is 3. The highest BCUT2D eigenvalue weighted by Gasteiger charge is 2.29. The van der Waals surface area contributed by atoms with Crippen molar-refractivity contribution >= 4 is 15.9 Å². The molecule has 1 aliphatic rings. The van der Waals surface area contributed by atoms with E-state index in [1.807, 2.05) is 59.5 Å². The van der Waals surface area contributed by atoms with Gasteiger partial charge in [-0.3, -0.25) is 9.69 Å². The first-order valence-corrected chi connectivity index (χ1v) is 12.2. The molecule has 170 valence electrons. The van der Waals surface area contributed by atoms with Gasteiger partial charge in [0.1, 0.15) is 11.5 Å². The molecule has 1 saturated heterocycles. The van der Waals surface area contributed by atoms with Crippen LogP contribution < -0.4 is 0 Å². The first-order valence-electron chi connectivity index (χ1n) is 10.6. The summed E-state index contributed by atoms with van der Waals surface area (Å²) in [5.41, 5.74) is 0.762. The molecule has 1 aliphatic heterocycles. The quantitative estimate of drug-likeness (QED) is 0.491. The van der Waals surface area contributed by atoms with Crippen LogP contribution in [-0.2, 0) is 33.7 Å². The maximum absolute atomic E-state index is 13.0. The van der Waals surface area contributed by atoms with Crippen LogP contribution in [0.15, 0.2) is 76.0 Å². The van der Waals surface area contributed by atoms with E-state index < -0.39 is 10.0 Å². The number of rotatable bonds is 9. The number of hydrogen-bond acceptors (Lipinski definition) is 6. The third kappa shape index (κ3) is 5.87. The van der Waals surface area contributed by atoms with Gasteiger partial charge in [-0.2, -0.15) is 4.31 Å². The van der Waals surface area contributed by atoms with Crippen LogP contribution in [0.3, 0.4) is 0 Å². The van der Waals surface area contributed by atoms with Gasteiger partial charge in [0.05, 0.1) is 37.9 Å². The fourth-order valence-electron chi connectivity index (χ4n) is 3.80. The van der Waals surface area contributed by atoms with E-state index >= 15 is 0 Å². The molecule has 1 amide bonds. The minimum absolute atomic E-state index is 0.0259. The Bertz CT molecular complexity index is 1040. The van der Waals surface area contributed by atoms with Gasteiger partial charge in [-0.25, -0.2) is 8.42 Å². The third-order valence-electron chi connectivity index (χ3n) is 5.45. The zero-order valence-electron chi connectivity index (χ0n) is 17.8. The lowest BCUT2D eigenvalue weighted by Gasteiger charge is -2.35. The van der Waals surface area contributed by atoms with Crippen LogP contribution in [-0.4, -0.2) is 61.2 Å². The van der Waals surface area contributed by atoms with Crippen LogP contribution in [0.2, 0.25) is 0 Å². The van der Waals surface area contributed by atoms with Crippen molar-refractivity contribution in [3.8, 4) is 0 Å². The van der Waals surface area contributed by atoms with Gasteiger partial charge in [-0.15, -0.1) is 0 Å². The number of piperazine rings is 1. The summed E-state index contributed by atoms with van der Waals surface area (Å²) in [6, 6.07) is 16.5. The van der Waals surface area contributed by atoms with Crippen LogP contribution in [0.5, 0.6) is 0 Å². The lowest BCUT2D eigenvalue weighted by Crippen LogP contribution is -2.52. The Balaban J connectivity index is 1.33. The van der Waals surface area contributed by atoms with Crippen molar-refractivity contribution in [2.45, 2.75) is 18.8 Å². The van der Waals surface area contributed by atoms with Crippen molar-refractivity contribution in [2.75, 3.05) is 32.7 Å². The van der Waals surface area contributed by atoms with Gasteiger partial charge < -0.3 is 13.7 Å². The molecule has 0 unspecified atom stereocenters. The highest BCUT2D eigenvalue weighted by molar-refractivity contribution is 7.88. The Morgan fingerprint density at radius 1 is 0.844 bits per heavy atom. The van der Waals surface area contributed by atoms with Crippen molar-refractivity contribution in [3.63, 3.8) is 0 Å². The second kappa shape index (κ2) is 10.2. The summed E-state index contributed by atoms with van der Waals surface area (Å²) < 4.78 is 37.9. The summed E-state index contributed by atoms with van der Waals surface area (Å²) in [4.78, 5) is 16.7. The van der Waals surface area contributed by atoms with E-state index in [0.717, 1.165) is 17.1 Å². The monoisotopic (exact) mass is 457 g/mol. The molecule has 0 saturated carbocycles. The predicted octanol–water partition coefficient (Wildman–Crippen LogP) is 2.55. The predicted molar refractivity (Wildman–Crippen MR) is 119 cm³/mol. The topological polar surface area (TPSA) is 87.2 Å². The maximum atomic E-state index is 13.0. The van der Waals surface area contributed by atoms with E-state index in [9.17, 15) is 13.2 Å². The Hall–Kier alpha value is -2.88. The molecule has 0 radical (unpaired) electrons. The number of furan rings is 2. The lowest BCUT2D eigenvalue weighted by molar-refractivity contribution is -0.134. The second-order valence-electron chi connectivity index (χ2n) is 7.83. The molecule has 0 spiro atoms. The molecular formula is C23H27N3O5S. The summed E-state index contributed by atoms with van der Waals surface area (Å²) >= 11 is 0. The van der Waals surface area contributed by atoms with Crippen molar-refractivity contribution in [1.82, 2.24) is 14.1 Å². The van der Waals surface area contributed by atoms with E-state index in [-0.39, 0.29) is 18.2 Å². The molecule has 9 heteroatoms. The Labute approximate surface area is 188 Å². The van der Waals surface area contributed by atoms with Gasteiger partial charge in [0, 0.05) is 26.2 Å². The van der Waals surface area contributed by atoms with Crippen LogP contribution in [0.4, 0.5) is 0 Å². The molecule has 3 aromatic rings. The highest BCUT2D eigenvalue weighted by atomic mass is 32.2. The van der Waals surface area contributed by atoms with E-state index in [0.29, 0.717) is 39.3 Å². The molecule has 0 atom stereocenters. The molecule has 1 aromatic carbocycles. The Kier molecular flexibility index (Phi) is 7.09. The van der Waals surface area contributed by atoms with Crippen LogP contribution >= 0.6 is 0 Å². The first-order chi connectivity index (χ1) is 15.5. The van der Waals surface area contributed by atoms with Gasteiger partial charge in [0.15, 0.2) is 0 Å². The van der Waals surface area contributed by atoms with E-state index in [2.05, 4.69) is 0 Å². The summed E-state index contributed by atoms with van der Waals surface area (Å²) in [7, 11) is -3.42. The second-order valence-corrected chi connectivity index (χ2v) is 9.79. The molecule has 1 fully saturated rings. The van der Waals surface area contributed by atoms with Gasteiger partial charge >= 0.3 is 0 Å². The lowest BCUT2D eigenvalue weighted by atomic mass is 10.2. The molecule has 0 bridgehead atoms. The Morgan fingerprint density at radius 3 is 1.97 bits per heavy atom. The molecule has 0 aliphatic carbocycles. The van der Waals surface area contributed by atoms with E-state index in [4.69, 9.17) is 8.83 Å². The minimum Gasteiger partial charge on any atom is -0.468 e. The number of carbonyl (C=O) groups is 1. The molecule has 2 aromatic heterocycles. The zero-order chi connectivity index (χ0) is 22.4. The van der Waals surface area contributed by atoms with Gasteiger partial charge in [-0.05, 0) is 29.8 Å². The highest BCUT2D eigenvalue weighted by Crippen LogP contribution is 2.15. The zero-order valence-corrected chi connectivity index (χ0v) is 18.6. The Morgan fingerprint density at radius 2 is 1.44 bits per heavy atom. The molecule has 8 nitrogen and oxygen atoms in total. The molecule has 0 N–H and O–H groups in total. The average Bonchev–Trinajstić information content (AvgIpc) is 3.49. The van der Waals surface area contributed by atoms with Crippen molar-refractivity contribution in [1.29, 1.82) is 0 Å². The van der Waals surface area contributed by atoms with Crippen molar-refractivity contribution in [3.05, 3.63) is 84.2 Å². The van der Waals surface area contributed by atoms with Gasteiger partial charge in [0.2, 0.25) is 15.9 Å². The largest absolute Gasteiger partial charge is 0.468 e. The number of hydrogen-bond donors (Lipinski definition) is 0. The maximum Gasteiger partial charge on any atom is 0.236 e. The first kappa shape index (κ1) is 22.3. The average molecular weight is 458 g/mol. The summed E-state index contributed by atoms with van der Waals surface area (Å²) in [5.74, 6) is 1.47. The molecular weight excluding hydrogens is 430 g/mol. The smallest absolute Gasteiger partial charge is 0.236 e. The number of amides is 1. The summed E-state index contributed by atoms with van der Waals surface area (Å²) in [5, 5.41) is 0. The summed E-state index contributed by atoms with van der Waals surface area (Å²) in [6.07, 6.45) is 3.22. The SMILES string of the molecule is O=C(CN(Cc1ccco1)Cc1ccco1)N1CCN(S(=O)(=O)Cc2ccccc2)CC1. The summed E-state index contributed by atoms with van der Waals surface area (Å²) in [6.45, 7) is 2.51. The van der Waals surface area contributed by atoms with Crippen LogP contribution in [0.25, 0.3) is 0 Å². The van der Waals surface area contributed by atoms with Crippen LogP contribution in [0.1, 0.15) is 17.1 Å². The standard InChI is InChI=1S/C23H27N3O5S/c27-23(18-24(16-21-8-4-14-30-21)17-22-9-5-15-31-22)25-10-12-26(13-11-25)32(28,29)19-20-6-2-1-3-7-20/h1-9,14-15H,10-13,16-19H2. The van der Waals surface area contributed by atoms with Crippen LogP contribution in [0, 0.1) is 0 Å². The number of carbonyl (C=O) groups excluding carboxylic acids is 1. The number of benzene rings is 1. The van der Waals surface area contributed by atoms with E-state index in [1.165, 1.54) is 4.31 Å². The molecule has 3 heterocycles. The fourth-order valence-corrected chi connectivity index (χ4v) is 5.31. The van der Waals surface area contributed by atoms with Gasteiger partial charge in [0.25, 0.3) is 0 Å². The third-order valence-corrected chi connectivity index (χ3v) is 7.30. The number of sulfonamides is 1. The minimum atomic E-state index is -3.42. The normalized spacial score (nSPS) is 15.3. The van der Waals surface area contributed by atoms with Gasteiger partial charge in [-0.1, -0.05) is 30.3 Å². The van der Waals surface area contributed by atoms with E-state index in [1.54, 1.807) is 17.4 Å². The molecule has 4 rings (SSSR count). The fraction of sp³-hybridized carbons (Fsp3) is 0.348. The van der Waals surface area contributed by atoms with Crippen molar-refractivity contribution in [2.24, 2.45) is 0 Å².